The van der Waals surface area contributed by atoms with Crippen LogP contribution >= 0.6 is 0 Å². The van der Waals surface area contributed by atoms with Gasteiger partial charge in [0.05, 0.1) is 30.3 Å². The van der Waals surface area contributed by atoms with E-state index in [1.54, 1.807) is 26.4 Å². The number of likely N-dealkylation sites (N-methyl/N-ethyl adjacent to an activating group) is 1. The Hall–Kier alpha value is -2.55. The first-order valence-electron chi connectivity index (χ1n) is 10.00. The maximum atomic E-state index is 13.5. The second-order valence-electron chi connectivity index (χ2n) is 7.92. The molecule has 30 heavy (non-hydrogen) atoms. The highest BCUT2D eigenvalue weighted by molar-refractivity contribution is 7.90. The van der Waals surface area contributed by atoms with Crippen molar-refractivity contribution in [2.24, 2.45) is 0 Å². The number of fused-ring (bicyclic) bond motifs is 5. The number of ether oxygens (including phenoxy) is 2. The third-order valence-corrected chi connectivity index (χ3v) is 7.95. The van der Waals surface area contributed by atoms with Gasteiger partial charge in [0.2, 0.25) is 0 Å². The van der Waals surface area contributed by atoms with Crippen LogP contribution in [0.4, 0.5) is 0 Å². The number of hydrogen-bond acceptors (Lipinski definition) is 6. The Labute approximate surface area is 176 Å². The average molecular weight is 428 g/mol. The maximum Gasteiger partial charge on any atom is 0.269 e. The van der Waals surface area contributed by atoms with Gasteiger partial charge in [0.25, 0.3) is 10.0 Å². The molecule has 0 unspecified atom stereocenters. The van der Waals surface area contributed by atoms with Crippen molar-refractivity contribution in [1.82, 2.24) is 13.8 Å². The molecule has 1 aromatic heterocycles. The van der Waals surface area contributed by atoms with E-state index in [2.05, 4.69) is 16.8 Å². The van der Waals surface area contributed by atoms with E-state index in [1.807, 2.05) is 24.3 Å². The van der Waals surface area contributed by atoms with Gasteiger partial charge < -0.3 is 14.4 Å². The van der Waals surface area contributed by atoms with E-state index >= 15 is 0 Å². The summed E-state index contributed by atoms with van der Waals surface area (Å²) in [5, 5.41) is 0.917. The molecule has 2 aliphatic heterocycles. The van der Waals surface area contributed by atoms with Crippen molar-refractivity contribution in [2.75, 3.05) is 47.4 Å². The Balaban J connectivity index is 1.76. The zero-order valence-electron chi connectivity index (χ0n) is 17.4. The summed E-state index contributed by atoms with van der Waals surface area (Å²) >= 11 is 0. The Kier molecular flexibility index (Phi) is 4.53. The molecule has 0 N–H and O–H groups in total. The highest BCUT2D eigenvalue weighted by atomic mass is 32.2. The molecule has 3 heterocycles. The minimum atomic E-state index is -3.67. The van der Waals surface area contributed by atoms with Crippen molar-refractivity contribution >= 4 is 20.9 Å². The fourth-order valence-corrected chi connectivity index (χ4v) is 6.22. The van der Waals surface area contributed by atoms with Gasteiger partial charge >= 0.3 is 0 Å². The van der Waals surface area contributed by atoms with Crippen molar-refractivity contribution in [1.29, 1.82) is 0 Å². The lowest BCUT2D eigenvalue weighted by Crippen LogP contribution is -2.43. The van der Waals surface area contributed by atoms with Crippen LogP contribution in [0.2, 0.25) is 0 Å². The molecule has 0 saturated carbocycles. The lowest BCUT2D eigenvalue weighted by atomic mass is 10.0. The smallest absolute Gasteiger partial charge is 0.269 e. The van der Waals surface area contributed by atoms with E-state index in [1.165, 1.54) is 3.97 Å². The number of methoxy groups -OCH3 is 2. The molecule has 1 saturated heterocycles. The molecule has 2 aromatic carbocycles. The van der Waals surface area contributed by atoms with E-state index in [-0.39, 0.29) is 0 Å². The molecule has 0 aliphatic carbocycles. The lowest BCUT2D eigenvalue weighted by Gasteiger charge is -2.32. The van der Waals surface area contributed by atoms with Gasteiger partial charge in [-0.25, -0.2) is 12.4 Å². The van der Waals surface area contributed by atoms with Gasteiger partial charge in [-0.05, 0) is 43.4 Å². The molecule has 5 rings (SSSR count). The molecular formula is C22H25N3O4S. The summed E-state index contributed by atoms with van der Waals surface area (Å²) in [5.74, 6) is 1.36. The van der Waals surface area contributed by atoms with Gasteiger partial charge in [-0.1, -0.05) is 0 Å². The van der Waals surface area contributed by atoms with Crippen molar-refractivity contribution < 1.29 is 17.9 Å². The second-order valence-corrected chi connectivity index (χ2v) is 9.68. The zero-order valence-corrected chi connectivity index (χ0v) is 18.2. The Bertz CT molecular complexity index is 1240. The van der Waals surface area contributed by atoms with Gasteiger partial charge in [0, 0.05) is 49.2 Å². The van der Waals surface area contributed by atoms with Gasteiger partial charge in [-0.15, -0.1) is 0 Å². The van der Waals surface area contributed by atoms with Crippen molar-refractivity contribution in [2.45, 2.75) is 11.4 Å². The van der Waals surface area contributed by atoms with Crippen LogP contribution in [0.25, 0.3) is 22.2 Å². The van der Waals surface area contributed by atoms with Crippen LogP contribution in [0, 0.1) is 0 Å². The van der Waals surface area contributed by atoms with Crippen LogP contribution in [0.15, 0.2) is 41.3 Å². The molecule has 0 bridgehead atoms. The predicted molar refractivity (Wildman–Crippen MR) is 116 cm³/mol. The van der Waals surface area contributed by atoms with Crippen LogP contribution in [0.3, 0.4) is 0 Å². The lowest BCUT2D eigenvalue weighted by molar-refractivity contribution is 0.148. The minimum Gasteiger partial charge on any atom is -0.497 e. The van der Waals surface area contributed by atoms with Crippen molar-refractivity contribution in [3.05, 3.63) is 42.0 Å². The van der Waals surface area contributed by atoms with Crippen LogP contribution in [0.5, 0.6) is 11.5 Å². The maximum absolute atomic E-state index is 13.5. The summed E-state index contributed by atoms with van der Waals surface area (Å²) < 4.78 is 39.3. The van der Waals surface area contributed by atoms with Crippen molar-refractivity contribution in [3.8, 4) is 22.8 Å². The van der Waals surface area contributed by atoms with Crippen LogP contribution in [0.1, 0.15) is 5.56 Å². The molecule has 0 radical (unpaired) electrons. The molecule has 7 nitrogen and oxygen atoms in total. The zero-order chi connectivity index (χ0) is 21.0. The van der Waals surface area contributed by atoms with E-state index in [9.17, 15) is 8.42 Å². The fourth-order valence-electron chi connectivity index (χ4n) is 4.49. The number of nitrogens with zero attached hydrogens (tertiary/aromatic N) is 3. The van der Waals surface area contributed by atoms with Gasteiger partial charge in [0.1, 0.15) is 11.5 Å². The first kappa shape index (κ1) is 19.4. The monoisotopic (exact) mass is 427 g/mol. The second kappa shape index (κ2) is 7.01. The summed E-state index contributed by atoms with van der Waals surface area (Å²) in [4.78, 5) is 5.03. The molecule has 0 amide bonds. The molecule has 8 heteroatoms. The number of hydrogen-bond donors (Lipinski definition) is 0. The number of rotatable bonds is 4. The Morgan fingerprint density at radius 2 is 1.60 bits per heavy atom. The minimum absolute atomic E-state index is 0.329. The SMILES string of the molecule is COc1ccc2c(c1)-c1c(CN3CCN(C)CC3)c3cc(OC)ccc3n1S2(=O)=O. The largest absolute Gasteiger partial charge is 0.497 e. The summed E-state index contributed by atoms with van der Waals surface area (Å²) in [5.41, 5.74) is 3.15. The Morgan fingerprint density at radius 1 is 0.933 bits per heavy atom. The van der Waals surface area contributed by atoms with Crippen LogP contribution in [-0.4, -0.2) is 69.6 Å². The van der Waals surface area contributed by atoms with E-state index < -0.39 is 10.0 Å². The third-order valence-electron chi connectivity index (χ3n) is 6.17. The number of aromatic nitrogens is 1. The Morgan fingerprint density at radius 3 is 2.30 bits per heavy atom. The normalized spacial score (nSPS) is 18.4. The summed E-state index contributed by atoms with van der Waals surface area (Å²) in [6, 6.07) is 10.8. The van der Waals surface area contributed by atoms with Gasteiger partial charge in [-0.3, -0.25) is 4.90 Å². The first-order chi connectivity index (χ1) is 14.4. The predicted octanol–water partition coefficient (Wildman–Crippen LogP) is 2.62. The highest BCUT2D eigenvalue weighted by Gasteiger charge is 2.38. The molecule has 0 atom stereocenters. The quantitative estimate of drug-likeness (QED) is 0.499. The number of piperazine rings is 1. The topological polar surface area (TPSA) is 64.0 Å². The molecule has 2 aliphatic rings. The summed E-state index contributed by atoms with van der Waals surface area (Å²) in [6.45, 7) is 4.58. The average Bonchev–Trinajstić information content (AvgIpc) is 3.20. The van der Waals surface area contributed by atoms with Gasteiger partial charge in [0.15, 0.2) is 0 Å². The molecule has 0 spiro atoms. The molecular weight excluding hydrogens is 402 g/mol. The van der Waals surface area contributed by atoms with Gasteiger partial charge in [-0.2, -0.15) is 0 Å². The standard InChI is InChI=1S/C22H25N3O4S/c1-23-8-10-24(11-9-23)14-19-17-12-15(28-2)4-6-20(17)25-22(19)18-13-16(29-3)5-7-21(18)30(25,26)27/h4-7,12-13H,8-11,14H2,1-3H3. The first-order valence-corrected chi connectivity index (χ1v) is 11.4. The summed E-state index contributed by atoms with van der Waals surface area (Å²) in [6.07, 6.45) is 0. The molecule has 3 aromatic rings. The van der Waals surface area contributed by atoms with E-state index in [0.717, 1.165) is 48.6 Å². The van der Waals surface area contributed by atoms with Crippen molar-refractivity contribution in [3.63, 3.8) is 0 Å². The van der Waals surface area contributed by atoms with Crippen LogP contribution < -0.4 is 9.47 Å². The summed E-state index contributed by atoms with van der Waals surface area (Å²) in [7, 11) is 1.68. The molecule has 1 fully saturated rings. The highest BCUT2D eigenvalue weighted by Crippen LogP contribution is 2.47. The van der Waals surface area contributed by atoms with E-state index in [4.69, 9.17) is 9.47 Å². The van der Waals surface area contributed by atoms with E-state index in [0.29, 0.717) is 28.3 Å². The number of benzene rings is 2. The molecule has 158 valence electrons. The third kappa shape index (κ3) is 2.82. The van der Waals surface area contributed by atoms with Crippen LogP contribution in [-0.2, 0) is 16.6 Å². The fraction of sp³-hybridized carbons (Fsp3) is 0.364.